The number of nitrogens with zero attached hydrogens (tertiary/aromatic N) is 3. The maximum absolute atomic E-state index is 12.7. The molecule has 2 N–H and O–H groups in total. The molecule has 2 aromatic rings. The molecule has 0 bridgehead atoms. The first kappa shape index (κ1) is 19.3. The molecule has 136 valence electrons. The third kappa shape index (κ3) is 4.52. The fourth-order valence-electron chi connectivity index (χ4n) is 3.16. The highest BCUT2D eigenvalue weighted by Crippen LogP contribution is 2.19. The molecular weight excluding hydrogens is 340 g/mol. The molecule has 0 radical (unpaired) electrons. The highest BCUT2D eigenvalue weighted by atomic mass is 35.5. The lowest BCUT2D eigenvalue weighted by Gasteiger charge is -2.34. The highest BCUT2D eigenvalue weighted by molar-refractivity contribution is 5.94. The van der Waals surface area contributed by atoms with Gasteiger partial charge in [0.1, 0.15) is 5.75 Å². The number of piperidine rings is 1. The van der Waals surface area contributed by atoms with Gasteiger partial charge >= 0.3 is 0 Å². The summed E-state index contributed by atoms with van der Waals surface area (Å²) < 4.78 is 6.95. The van der Waals surface area contributed by atoms with E-state index in [0.29, 0.717) is 18.7 Å². The van der Waals surface area contributed by atoms with Gasteiger partial charge in [0, 0.05) is 25.3 Å². The topological polar surface area (TPSA) is 73.4 Å². The number of carbonyl (C=O) groups excluding carboxylic acids is 1. The van der Waals surface area contributed by atoms with Crippen LogP contribution in [0, 0.1) is 0 Å². The van der Waals surface area contributed by atoms with Gasteiger partial charge in [-0.25, -0.2) is 0 Å². The SMILES string of the molecule is COc1ccc(Cn2cc(C(=O)N3CCCCC3CN)cn2)cc1.Cl. The summed E-state index contributed by atoms with van der Waals surface area (Å²) >= 11 is 0. The van der Waals surface area contributed by atoms with Crippen molar-refractivity contribution in [3.63, 3.8) is 0 Å². The number of halogens is 1. The summed E-state index contributed by atoms with van der Waals surface area (Å²) in [5.41, 5.74) is 7.55. The number of ether oxygens (including phenoxy) is 1. The summed E-state index contributed by atoms with van der Waals surface area (Å²) in [4.78, 5) is 14.6. The molecule has 7 heteroatoms. The quantitative estimate of drug-likeness (QED) is 0.883. The molecule has 25 heavy (non-hydrogen) atoms. The second kappa shape index (κ2) is 8.87. The Morgan fingerprint density at radius 3 is 2.76 bits per heavy atom. The van der Waals surface area contributed by atoms with Crippen LogP contribution in [-0.4, -0.2) is 46.8 Å². The number of hydrogen-bond donors (Lipinski definition) is 1. The third-order valence-corrected chi connectivity index (χ3v) is 4.54. The number of rotatable bonds is 5. The van der Waals surface area contributed by atoms with Gasteiger partial charge in [-0.1, -0.05) is 12.1 Å². The zero-order valence-corrected chi connectivity index (χ0v) is 15.2. The molecule has 3 rings (SSSR count). The van der Waals surface area contributed by atoms with Crippen LogP contribution in [0.15, 0.2) is 36.7 Å². The van der Waals surface area contributed by atoms with Crippen LogP contribution in [0.25, 0.3) is 0 Å². The number of benzene rings is 1. The Hall–Kier alpha value is -2.05. The molecule has 0 saturated carbocycles. The van der Waals surface area contributed by atoms with Crippen LogP contribution in [0.3, 0.4) is 0 Å². The van der Waals surface area contributed by atoms with E-state index in [2.05, 4.69) is 5.10 Å². The molecule has 1 aromatic heterocycles. The predicted molar refractivity (Wildman–Crippen MR) is 99.3 cm³/mol. The van der Waals surface area contributed by atoms with Crippen LogP contribution < -0.4 is 10.5 Å². The van der Waals surface area contributed by atoms with Crippen molar-refractivity contribution < 1.29 is 9.53 Å². The Bertz CT molecular complexity index is 687. The van der Waals surface area contributed by atoms with E-state index in [-0.39, 0.29) is 24.4 Å². The zero-order chi connectivity index (χ0) is 16.9. The normalized spacial score (nSPS) is 17.0. The summed E-state index contributed by atoms with van der Waals surface area (Å²) in [6.07, 6.45) is 6.63. The minimum Gasteiger partial charge on any atom is -0.497 e. The number of amides is 1. The molecule has 1 unspecified atom stereocenters. The average molecular weight is 365 g/mol. The second-order valence-corrected chi connectivity index (χ2v) is 6.16. The van der Waals surface area contributed by atoms with Crippen LogP contribution >= 0.6 is 12.4 Å². The van der Waals surface area contributed by atoms with Gasteiger partial charge in [0.2, 0.25) is 0 Å². The summed E-state index contributed by atoms with van der Waals surface area (Å²) in [5, 5.41) is 4.33. The summed E-state index contributed by atoms with van der Waals surface area (Å²) in [7, 11) is 1.65. The second-order valence-electron chi connectivity index (χ2n) is 6.16. The van der Waals surface area contributed by atoms with Gasteiger partial charge < -0.3 is 15.4 Å². The Morgan fingerprint density at radius 2 is 2.08 bits per heavy atom. The Balaban J connectivity index is 0.00000225. The number of aromatic nitrogens is 2. The molecule has 1 atom stereocenters. The van der Waals surface area contributed by atoms with E-state index in [0.717, 1.165) is 37.1 Å². The van der Waals surface area contributed by atoms with Gasteiger partial charge in [-0.2, -0.15) is 5.10 Å². The number of carbonyl (C=O) groups is 1. The van der Waals surface area contributed by atoms with Gasteiger partial charge in [0.05, 0.1) is 25.4 Å². The van der Waals surface area contributed by atoms with Crippen molar-refractivity contribution in [2.24, 2.45) is 5.73 Å². The highest BCUT2D eigenvalue weighted by Gasteiger charge is 2.27. The van der Waals surface area contributed by atoms with Crippen molar-refractivity contribution in [1.82, 2.24) is 14.7 Å². The van der Waals surface area contributed by atoms with Crippen LogP contribution in [0.4, 0.5) is 0 Å². The minimum atomic E-state index is 0. The summed E-state index contributed by atoms with van der Waals surface area (Å²) in [6, 6.07) is 7.99. The van der Waals surface area contributed by atoms with Gasteiger partial charge in [0.15, 0.2) is 0 Å². The summed E-state index contributed by atoms with van der Waals surface area (Å²) in [5.74, 6) is 0.860. The fourth-order valence-corrected chi connectivity index (χ4v) is 3.16. The number of likely N-dealkylation sites (tertiary alicyclic amines) is 1. The van der Waals surface area contributed by atoms with Crippen molar-refractivity contribution in [3.8, 4) is 5.75 Å². The summed E-state index contributed by atoms with van der Waals surface area (Å²) in [6.45, 7) is 1.92. The third-order valence-electron chi connectivity index (χ3n) is 4.54. The fraction of sp³-hybridized carbons (Fsp3) is 0.444. The number of nitrogens with two attached hydrogens (primary N) is 1. The maximum Gasteiger partial charge on any atom is 0.257 e. The van der Waals surface area contributed by atoms with Gasteiger partial charge in [0.25, 0.3) is 5.91 Å². The van der Waals surface area contributed by atoms with Crippen LogP contribution in [0.5, 0.6) is 5.75 Å². The molecule has 1 amide bonds. The Kier molecular flexibility index (Phi) is 6.84. The molecule has 1 aliphatic heterocycles. The van der Waals surface area contributed by atoms with Crippen LogP contribution in [0.2, 0.25) is 0 Å². The van der Waals surface area contributed by atoms with Crippen LogP contribution in [-0.2, 0) is 6.54 Å². The van der Waals surface area contributed by atoms with Crippen molar-refractivity contribution in [2.45, 2.75) is 31.8 Å². The van der Waals surface area contributed by atoms with Gasteiger partial charge in [-0.15, -0.1) is 12.4 Å². The Morgan fingerprint density at radius 1 is 1.32 bits per heavy atom. The largest absolute Gasteiger partial charge is 0.497 e. The predicted octanol–water partition coefficient (Wildman–Crippen LogP) is 2.32. The molecule has 0 spiro atoms. The van der Waals surface area contributed by atoms with Gasteiger partial charge in [-0.3, -0.25) is 9.48 Å². The molecule has 0 aliphatic carbocycles. The lowest BCUT2D eigenvalue weighted by atomic mass is 10.0. The maximum atomic E-state index is 12.7. The Labute approximate surface area is 154 Å². The lowest BCUT2D eigenvalue weighted by molar-refractivity contribution is 0.0623. The van der Waals surface area contributed by atoms with E-state index in [4.69, 9.17) is 10.5 Å². The molecule has 1 saturated heterocycles. The lowest BCUT2D eigenvalue weighted by Crippen LogP contribution is -2.47. The molecule has 2 heterocycles. The molecular formula is C18H25ClN4O2. The zero-order valence-electron chi connectivity index (χ0n) is 14.4. The van der Waals surface area contributed by atoms with E-state index >= 15 is 0 Å². The monoisotopic (exact) mass is 364 g/mol. The van der Waals surface area contributed by atoms with E-state index in [9.17, 15) is 4.79 Å². The standard InChI is InChI=1S/C18H24N4O2.ClH/c1-24-17-7-5-14(6-8-17)12-21-13-15(11-20-21)18(23)22-9-3-2-4-16(22)10-19;/h5-8,11,13,16H,2-4,9-10,12,19H2,1H3;1H. The number of hydrogen-bond acceptors (Lipinski definition) is 4. The van der Waals surface area contributed by atoms with E-state index in [1.54, 1.807) is 18.0 Å². The molecule has 1 aromatic carbocycles. The van der Waals surface area contributed by atoms with E-state index < -0.39 is 0 Å². The molecule has 1 fully saturated rings. The first-order valence-corrected chi connectivity index (χ1v) is 8.37. The van der Waals surface area contributed by atoms with Crippen molar-refractivity contribution in [2.75, 3.05) is 20.2 Å². The minimum absolute atomic E-state index is 0. The first-order valence-electron chi connectivity index (χ1n) is 8.37. The smallest absolute Gasteiger partial charge is 0.257 e. The average Bonchev–Trinajstić information content (AvgIpc) is 3.10. The van der Waals surface area contributed by atoms with E-state index in [1.165, 1.54) is 0 Å². The molecule has 1 aliphatic rings. The van der Waals surface area contributed by atoms with Crippen molar-refractivity contribution >= 4 is 18.3 Å². The van der Waals surface area contributed by atoms with Crippen LogP contribution in [0.1, 0.15) is 35.2 Å². The van der Waals surface area contributed by atoms with E-state index in [1.807, 2.05) is 35.4 Å². The number of methoxy groups -OCH3 is 1. The first-order chi connectivity index (χ1) is 11.7. The molecule has 6 nitrogen and oxygen atoms in total. The van der Waals surface area contributed by atoms with Gasteiger partial charge in [-0.05, 0) is 37.0 Å². The van der Waals surface area contributed by atoms with Crippen molar-refractivity contribution in [1.29, 1.82) is 0 Å². The van der Waals surface area contributed by atoms with Crippen molar-refractivity contribution in [3.05, 3.63) is 47.8 Å².